The molecular weight excluding hydrogens is 394 g/mol. The molecule has 2 saturated carbocycles. The van der Waals surface area contributed by atoms with Crippen molar-refractivity contribution in [3.05, 3.63) is 39.5 Å². The van der Waals surface area contributed by atoms with E-state index in [1.165, 1.54) is 25.7 Å². The normalized spacial score (nSPS) is 25.6. The average Bonchev–Trinajstić information content (AvgIpc) is 3.38. The SMILES string of the molecule is Cc1nn(Cc2ccc(C(=O)NC(C)C3CC4CCC3C4)o2)c(C)c1Br. The summed E-state index contributed by atoms with van der Waals surface area (Å²) in [4.78, 5) is 12.6. The predicted molar refractivity (Wildman–Crippen MR) is 103 cm³/mol. The maximum atomic E-state index is 12.6. The fourth-order valence-electron chi connectivity index (χ4n) is 4.85. The van der Waals surface area contributed by atoms with Crippen LogP contribution in [-0.2, 0) is 6.54 Å². The number of fused-ring (bicyclic) bond motifs is 2. The fraction of sp³-hybridized carbons (Fsp3) is 0.600. The number of amides is 1. The highest BCUT2D eigenvalue weighted by atomic mass is 79.9. The van der Waals surface area contributed by atoms with E-state index in [9.17, 15) is 4.79 Å². The van der Waals surface area contributed by atoms with Gasteiger partial charge in [-0.25, -0.2) is 0 Å². The third-order valence-electron chi connectivity index (χ3n) is 6.28. The van der Waals surface area contributed by atoms with Gasteiger partial charge >= 0.3 is 0 Å². The number of hydrogen-bond acceptors (Lipinski definition) is 3. The topological polar surface area (TPSA) is 60.1 Å². The van der Waals surface area contributed by atoms with Gasteiger partial charge in [0.25, 0.3) is 5.91 Å². The Morgan fingerprint density at radius 3 is 2.81 bits per heavy atom. The van der Waals surface area contributed by atoms with Gasteiger partial charge in [-0.15, -0.1) is 0 Å². The number of carbonyl (C=O) groups excluding carboxylic acids is 1. The highest BCUT2D eigenvalue weighted by molar-refractivity contribution is 9.10. The maximum absolute atomic E-state index is 12.6. The molecule has 1 amide bonds. The van der Waals surface area contributed by atoms with Gasteiger partial charge in [-0.1, -0.05) is 6.42 Å². The lowest BCUT2D eigenvalue weighted by Crippen LogP contribution is -2.40. The molecule has 0 aliphatic heterocycles. The van der Waals surface area contributed by atoms with Gasteiger partial charge in [-0.05, 0) is 85.9 Å². The summed E-state index contributed by atoms with van der Waals surface area (Å²) in [6.07, 6.45) is 5.33. The third-order valence-corrected chi connectivity index (χ3v) is 7.43. The molecule has 0 spiro atoms. The van der Waals surface area contributed by atoms with Gasteiger partial charge < -0.3 is 9.73 Å². The van der Waals surface area contributed by atoms with Crippen molar-refractivity contribution in [3.63, 3.8) is 0 Å². The molecule has 2 aliphatic carbocycles. The number of aromatic nitrogens is 2. The van der Waals surface area contributed by atoms with Crippen LogP contribution in [0.1, 0.15) is 60.3 Å². The Hall–Kier alpha value is -1.56. The Labute approximate surface area is 162 Å². The quantitative estimate of drug-likeness (QED) is 0.777. The molecule has 140 valence electrons. The van der Waals surface area contributed by atoms with Crippen LogP contribution in [0.4, 0.5) is 0 Å². The third kappa shape index (κ3) is 3.24. The molecule has 4 atom stereocenters. The molecule has 0 saturated heterocycles. The first kappa shape index (κ1) is 17.8. The van der Waals surface area contributed by atoms with Gasteiger partial charge in [0.05, 0.1) is 22.4 Å². The molecule has 6 heteroatoms. The van der Waals surface area contributed by atoms with E-state index in [-0.39, 0.29) is 11.9 Å². The van der Waals surface area contributed by atoms with Crippen molar-refractivity contribution in [1.82, 2.24) is 15.1 Å². The van der Waals surface area contributed by atoms with Crippen molar-refractivity contribution in [2.75, 3.05) is 0 Å². The van der Waals surface area contributed by atoms with E-state index in [1.54, 1.807) is 6.07 Å². The van der Waals surface area contributed by atoms with E-state index in [4.69, 9.17) is 4.42 Å². The molecule has 0 aromatic carbocycles. The summed E-state index contributed by atoms with van der Waals surface area (Å²) < 4.78 is 8.69. The van der Waals surface area contributed by atoms with E-state index in [1.807, 2.05) is 24.6 Å². The lowest BCUT2D eigenvalue weighted by molar-refractivity contribution is 0.0885. The van der Waals surface area contributed by atoms with E-state index in [0.29, 0.717) is 18.2 Å². The second-order valence-electron chi connectivity index (χ2n) is 8.01. The molecule has 2 fully saturated rings. The summed E-state index contributed by atoms with van der Waals surface area (Å²) in [5.74, 6) is 3.32. The van der Waals surface area contributed by atoms with Crippen LogP contribution in [0.25, 0.3) is 0 Å². The van der Waals surface area contributed by atoms with Gasteiger partial charge in [0, 0.05) is 6.04 Å². The van der Waals surface area contributed by atoms with E-state index >= 15 is 0 Å². The number of nitrogens with zero attached hydrogens (tertiary/aromatic N) is 2. The minimum absolute atomic E-state index is 0.110. The van der Waals surface area contributed by atoms with Crippen molar-refractivity contribution < 1.29 is 9.21 Å². The number of halogens is 1. The fourth-order valence-corrected chi connectivity index (χ4v) is 5.14. The Balaban J connectivity index is 1.39. The molecule has 5 nitrogen and oxygen atoms in total. The van der Waals surface area contributed by atoms with E-state index in [2.05, 4.69) is 33.3 Å². The number of aryl methyl sites for hydroxylation is 1. The summed E-state index contributed by atoms with van der Waals surface area (Å²) in [6.45, 7) is 6.64. The lowest BCUT2D eigenvalue weighted by atomic mass is 9.84. The second kappa shape index (κ2) is 6.87. The second-order valence-corrected chi connectivity index (χ2v) is 8.80. The Kier molecular flexibility index (Phi) is 4.71. The molecule has 0 radical (unpaired) electrons. The standard InChI is InChI=1S/C20H26BrN3O2/c1-11(17-9-14-4-5-15(17)8-14)22-20(25)18-7-6-16(26-18)10-24-13(3)19(21)12(2)23-24/h6-7,11,14-15,17H,4-5,8-10H2,1-3H3,(H,22,25). The Morgan fingerprint density at radius 1 is 1.38 bits per heavy atom. The van der Waals surface area contributed by atoms with Crippen LogP contribution in [0.3, 0.4) is 0 Å². The van der Waals surface area contributed by atoms with Crippen LogP contribution in [0.2, 0.25) is 0 Å². The first-order valence-corrected chi connectivity index (χ1v) is 10.3. The van der Waals surface area contributed by atoms with Crippen LogP contribution in [0.5, 0.6) is 0 Å². The largest absolute Gasteiger partial charge is 0.454 e. The zero-order valence-electron chi connectivity index (χ0n) is 15.6. The first-order chi connectivity index (χ1) is 12.4. The summed E-state index contributed by atoms with van der Waals surface area (Å²) in [7, 11) is 0. The highest BCUT2D eigenvalue weighted by Gasteiger charge is 2.42. The highest BCUT2D eigenvalue weighted by Crippen LogP contribution is 2.49. The molecule has 26 heavy (non-hydrogen) atoms. The smallest absolute Gasteiger partial charge is 0.287 e. The minimum Gasteiger partial charge on any atom is -0.454 e. The van der Waals surface area contributed by atoms with Gasteiger partial charge in [0.1, 0.15) is 5.76 Å². The summed E-state index contributed by atoms with van der Waals surface area (Å²) in [5, 5.41) is 7.65. The van der Waals surface area contributed by atoms with Gasteiger partial charge in [0.2, 0.25) is 0 Å². The van der Waals surface area contributed by atoms with Crippen LogP contribution in [0, 0.1) is 31.6 Å². The number of hydrogen-bond donors (Lipinski definition) is 1. The van der Waals surface area contributed by atoms with Crippen molar-refractivity contribution in [3.8, 4) is 0 Å². The molecule has 2 aromatic rings. The first-order valence-electron chi connectivity index (χ1n) is 9.51. The van der Waals surface area contributed by atoms with Crippen LogP contribution < -0.4 is 5.32 Å². The Bertz CT molecular complexity index is 825. The number of furan rings is 1. The summed E-state index contributed by atoms with van der Waals surface area (Å²) in [5.41, 5.74) is 2.00. The van der Waals surface area contributed by atoms with Crippen molar-refractivity contribution >= 4 is 21.8 Å². The molecule has 2 aromatic heterocycles. The molecular formula is C20H26BrN3O2. The zero-order chi connectivity index (χ0) is 18.4. The molecule has 4 unspecified atom stereocenters. The van der Waals surface area contributed by atoms with Crippen LogP contribution >= 0.6 is 15.9 Å². The van der Waals surface area contributed by atoms with Crippen molar-refractivity contribution in [1.29, 1.82) is 0 Å². The molecule has 2 heterocycles. The summed E-state index contributed by atoms with van der Waals surface area (Å²) in [6, 6.07) is 3.83. The lowest BCUT2D eigenvalue weighted by Gasteiger charge is -2.28. The maximum Gasteiger partial charge on any atom is 0.287 e. The van der Waals surface area contributed by atoms with Gasteiger partial charge in [-0.3, -0.25) is 9.48 Å². The minimum atomic E-state index is -0.110. The molecule has 4 rings (SSSR count). The molecule has 2 bridgehead atoms. The Morgan fingerprint density at radius 2 is 2.19 bits per heavy atom. The van der Waals surface area contributed by atoms with E-state index in [0.717, 1.165) is 33.5 Å². The summed E-state index contributed by atoms with van der Waals surface area (Å²) >= 11 is 3.54. The van der Waals surface area contributed by atoms with Gasteiger partial charge in [-0.2, -0.15) is 5.10 Å². The predicted octanol–water partition coefficient (Wildman–Crippen LogP) is 4.46. The zero-order valence-corrected chi connectivity index (χ0v) is 17.2. The number of rotatable bonds is 5. The van der Waals surface area contributed by atoms with Gasteiger partial charge in [0.15, 0.2) is 5.76 Å². The molecule has 1 N–H and O–H groups in total. The monoisotopic (exact) mass is 419 g/mol. The van der Waals surface area contributed by atoms with Crippen LogP contribution in [0.15, 0.2) is 21.0 Å². The van der Waals surface area contributed by atoms with E-state index < -0.39 is 0 Å². The number of nitrogens with one attached hydrogen (secondary N) is 1. The average molecular weight is 420 g/mol. The number of carbonyl (C=O) groups is 1. The van der Waals surface area contributed by atoms with Crippen molar-refractivity contribution in [2.45, 2.75) is 59.0 Å². The van der Waals surface area contributed by atoms with Crippen LogP contribution in [-0.4, -0.2) is 21.7 Å². The van der Waals surface area contributed by atoms with Crippen molar-refractivity contribution in [2.24, 2.45) is 17.8 Å². The molecule has 2 aliphatic rings.